The van der Waals surface area contributed by atoms with Gasteiger partial charge in [0.1, 0.15) is 5.82 Å². The van der Waals surface area contributed by atoms with Crippen molar-refractivity contribution in [3.63, 3.8) is 0 Å². The second-order valence-electron chi connectivity index (χ2n) is 4.11. The number of aromatic nitrogens is 1. The van der Waals surface area contributed by atoms with Crippen LogP contribution in [0.15, 0.2) is 35.6 Å². The average molecular weight is 276 g/mol. The van der Waals surface area contributed by atoms with Gasteiger partial charge in [0.15, 0.2) is 5.11 Å². The van der Waals surface area contributed by atoms with Gasteiger partial charge in [-0.1, -0.05) is 24.3 Å². The van der Waals surface area contributed by atoms with Crippen molar-refractivity contribution in [2.75, 3.05) is 14.1 Å². The van der Waals surface area contributed by atoms with Crippen molar-refractivity contribution in [2.24, 2.45) is 5.10 Å². The highest BCUT2D eigenvalue weighted by molar-refractivity contribution is 7.80. The quantitative estimate of drug-likeness (QED) is 0.518. The predicted octanol–water partition coefficient (Wildman–Crippen LogP) is 2.14. The lowest BCUT2D eigenvalue weighted by Gasteiger charge is -2.11. The number of rotatable bonds is 2. The summed E-state index contributed by atoms with van der Waals surface area (Å²) in [4.78, 5) is 5.75. The van der Waals surface area contributed by atoms with E-state index in [4.69, 9.17) is 12.2 Å². The molecule has 19 heavy (non-hydrogen) atoms. The van der Waals surface area contributed by atoms with E-state index in [9.17, 15) is 4.39 Å². The van der Waals surface area contributed by atoms with Gasteiger partial charge < -0.3 is 4.90 Å². The second-order valence-corrected chi connectivity index (χ2v) is 4.49. The highest BCUT2D eigenvalue weighted by atomic mass is 32.1. The molecule has 1 aromatic heterocycles. The molecule has 0 aliphatic carbocycles. The highest BCUT2D eigenvalue weighted by Crippen LogP contribution is 2.18. The van der Waals surface area contributed by atoms with Crippen LogP contribution >= 0.6 is 12.2 Å². The number of pyridine rings is 1. The number of benzene rings is 1. The smallest absolute Gasteiger partial charge is 0.189 e. The number of hydrogen-bond acceptors (Lipinski definition) is 3. The maximum absolute atomic E-state index is 13.6. The molecule has 0 atom stereocenters. The molecule has 1 aromatic carbocycles. The lowest BCUT2D eigenvalue weighted by Crippen LogP contribution is -2.30. The van der Waals surface area contributed by atoms with E-state index in [1.807, 2.05) is 20.2 Å². The van der Waals surface area contributed by atoms with E-state index in [1.54, 1.807) is 23.1 Å². The number of nitrogens with one attached hydrogen (secondary N) is 1. The first-order valence-corrected chi connectivity index (χ1v) is 6.04. The maximum Gasteiger partial charge on any atom is 0.189 e. The molecule has 0 unspecified atom stereocenters. The van der Waals surface area contributed by atoms with Crippen LogP contribution in [0.1, 0.15) is 5.69 Å². The molecule has 98 valence electrons. The molecule has 2 aromatic rings. The van der Waals surface area contributed by atoms with Gasteiger partial charge in [-0.05, 0) is 12.2 Å². The Hall–Kier alpha value is -2.08. The number of halogens is 1. The minimum absolute atomic E-state index is 0.343. The molecule has 0 fully saturated rings. The number of fused-ring (bicyclic) bond motifs is 1. The molecule has 0 aliphatic rings. The van der Waals surface area contributed by atoms with Gasteiger partial charge in [-0.25, -0.2) is 4.39 Å². The molecule has 0 bridgehead atoms. The van der Waals surface area contributed by atoms with Gasteiger partial charge in [-0.3, -0.25) is 10.4 Å². The molecule has 6 heteroatoms. The average Bonchev–Trinajstić information content (AvgIpc) is 2.41. The molecular weight excluding hydrogens is 263 g/mol. The Morgan fingerprint density at radius 2 is 2.05 bits per heavy atom. The fraction of sp³-hybridized carbons (Fsp3) is 0.154. The normalized spacial score (nSPS) is 10.9. The maximum atomic E-state index is 13.6. The zero-order valence-corrected chi connectivity index (χ0v) is 11.4. The van der Waals surface area contributed by atoms with Crippen molar-refractivity contribution >= 4 is 34.3 Å². The van der Waals surface area contributed by atoms with Crippen LogP contribution < -0.4 is 5.43 Å². The van der Waals surface area contributed by atoms with E-state index in [0.29, 0.717) is 21.6 Å². The Morgan fingerprint density at radius 3 is 2.74 bits per heavy atom. The molecule has 0 spiro atoms. The third-order valence-corrected chi connectivity index (χ3v) is 2.99. The lowest BCUT2D eigenvalue weighted by molar-refractivity contribution is 0.606. The third-order valence-electron chi connectivity index (χ3n) is 2.53. The second kappa shape index (κ2) is 5.71. The molecule has 2 rings (SSSR count). The van der Waals surface area contributed by atoms with Crippen LogP contribution in [0.3, 0.4) is 0 Å². The first kappa shape index (κ1) is 13.4. The van der Waals surface area contributed by atoms with Crippen molar-refractivity contribution < 1.29 is 4.39 Å². The summed E-state index contributed by atoms with van der Waals surface area (Å²) in [5.41, 5.74) is 3.29. The van der Waals surface area contributed by atoms with Gasteiger partial charge in [0.2, 0.25) is 0 Å². The fourth-order valence-corrected chi connectivity index (χ4v) is 1.58. The molecule has 1 heterocycles. The van der Waals surface area contributed by atoms with Crippen LogP contribution in [-0.2, 0) is 0 Å². The Kier molecular flexibility index (Phi) is 4.01. The predicted molar refractivity (Wildman–Crippen MR) is 78.7 cm³/mol. The molecule has 0 saturated heterocycles. The Morgan fingerprint density at radius 1 is 1.37 bits per heavy atom. The summed E-state index contributed by atoms with van der Waals surface area (Å²) < 4.78 is 13.6. The molecule has 0 radical (unpaired) electrons. The number of nitrogens with zero attached hydrogens (tertiary/aromatic N) is 3. The molecule has 0 aliphatic heterocycles. The van der Waals surface area contributed by atoms with Crippen LogP contribution in [0, 0.1) is 5.82 Å². The summed E-state index contributed by atoms with van der Waals surface area (Å²) in [6.45, 7) is 0. The molecular formula is C13H13FN4S. The highest BCUT2D eigenvalue weighted by Gasteiger charge is 2.04. The van der Waals surface area contributed by atoms with Crippen LogP contribution in [0.2, 0.25) is 0 Å². The van der Waals surface area contributed by atoms with Gasteiger partial charge in [0.05, 0.1) is 18.1 Å². The third kappa shape index (κ3) is 3.03. The van der Waals surface area contributed by atoms with Crippen molar-refractivity contribution in [3.8, 4) is 0 Å². The zero-order valence-electron chi connectivity index (χ0n) is 10.6. The van der Waals surface area contributed by atoms with E-state index in [1.165, 1.54) is 12.4 Å². The van der Waals surface area contributed by atoms with Crippen molar-refractivity contribution in [1.82, 2.24) is 15.3 Å². The van der Waals surface area contributed by atoms with Gasteiger partial charge in [0.25, 0.3) is 0 Å². The van der Waals surface area contributed by atoms with E-state index < -0.39 is 0 Å². The lowest BCUT2D eigenvalue weighted by atomic mass is 10.1. The van der Waals surface area contributed by atoms with Gasteiger partial charge in [0, 0.05) is 24.9 Å². The minimum atomic E-state index is -0.343. The van der Waals surface area contributed by atoms with Crippen LogP contribution in [0.25, 0.3) is 10.8 Å². The number of hydrogen-bond donors (Lipinski definition) is 1. The van der Waals surface area contributed by atoms with Crippen molar-refractivity contribution in [1.29, 1.82) is 0 Å². The molecule has 0 saturated carbocycles. The monoisotopic (exact) mass is 276 g/mol. The first-order valence-electron chi connectivity index (χ1n) is 5.63. The molecule has 0 amide bonds. The van der Waals surface area contributed by atoms with Crippen LogP contribution in [0.5, 0.6) is 0 Å². The Bertz CT molecular complexity index is 640. The fourth-order valence-electron chi connectivity index (χ4n) is 1.53. The van der Waals surface area contributed by atoms with Gasteiger partial charge in [-0.15, -0.1) is 0 Å². The topological polar surface area (TPSA) is 40.5 Å². The largest absolute Gasteiger partial charge is 0.354 e. The first-order chi connectivity index (χ1) is 9.09. The number of hydrazone groups is 1. The zero-order chi connectivity index (χ0) is 13.8. The minimum Gasteiger partial charge on any atom is -0.354 e. The molecule has 1 N–H and O–H groups in total. The van der Waals surface area contributed by atoms with Gasteiger partial charge in [-0.2, -0.15) is 5.10 Å². The van der Waals surface area contributed by atoms with E-state index >= 15 is 0 Å². The van der Waals surface area contributed by atoms with Gasteiger partial charge >= 0.3 is 0 Å². The summed E-state index contributed by atoms with van der Waals surface area (Å²) in [7, 11) is 3.63. The Balaban J connectivity index is 2.29. The van der Waals surface area contributed by atoms with Crippen LogP contribution in [-0.4, -0.2) is 35.3 Å². The van der Waals surface area contributed by atoms with E-state index in [0.717, 1.165) is 0 Å². The molecule has 4 nitrogen and oxygen atoms in total. The van der Waals surface area contributed by atoms with Crippen LogP contribution in [0.4, 0.5) is 4.39 Å². The van der Waals surface area contributed by atoms with Crippen molar-refractivity contribution in [2.45, 2.75) is 0 Å². The SMILES string of the molecule is CN(C)C(=S)N/N=C/c1ncc(F)c2ccccc12. The summed E-state index contributed by atoms with van der Waals surface area (Å²) in [5, 5.41) is 5.72. The number of thiocarbonyl (C=S) groups is 1. The summed E-state index contributed by atoms with van der Waals surface area (Å²) in [6.07, 6.45) is 2.71. The summed E-state index contributed by atoms with van der Waals surface area (Å²) in [5.74, 6) is -0.343. The summed E-state index contributed by atoms with van der Waals surface area (Å²) >= 11 is 5.03. The van der Waals surface area contributed by atoms with E-state index in [-0.39, 0.29) is 5.82 Å². The van der Waals surface area contributed by atoms with Crippen molar-refractivity contribution in [3.05, 3.63) is 42.0 Å². The van der Waals surface area contributed by atoms with E-state index in [2.05, 4.69) is 15.5 Å². The standard InChI is InChI=1S/C13H13FN4S/c1-18(2)13(19)17-16-8-12-10-6-4-3-5-9(10)11(14)7-15-12/h3-8H,1-2H3,(H,17,19)/b16-8+. The summed E-state index contributed by atoms with van der Waals surface area (Å²) in [6, 6.07) is 7.13. The Labute approximate surface area is 115 Å².